The standard InChI is InChI=1S/C20H21NO4/c1-3-24-19(22)18(20(23)25-4-2)21-17(15-11-7-5-8-12-15)16-13-9-6-10-14-16/h5-14,18H,3-4H2,1-2H3. The van der Waals surface area contributed by atoms with Crippen LogP contribution in [-0.4, -0.2) is 36.9 Å². The van der Waals surface area contributed by atoms with Gasteiger partial charge < -0.3 is 9.47 Å². The Labute approximate surface area is 147 Å². The molecule has 2 aromatic rings. The molecule has 0 aliphatic carbocycles. The van der Waals surface area contributed by atoms with Crippen LogP contribution in [0.1, 0.15) is 25.0 Å². The first-order valence-electron chi connectivity index (χ1n) is 8.19. The number of rotatable bonds is 7. The fraction of sp³-hybridized carbons (Fsp3) is 0.250. The molecule has 0 atom stereocenters. The number of carbonyl (C=O) groups excluding carboxylic acids is 2. The zero-order valence-corrected chi connectivity index (χ0v) is 14.3. The van der Waals surface area contributed by atoms with Crippen molar-refractivity contribution in [2.45, 2.75) is 19.9 Å². The molecule has 0 aliphatic rings. The number of hydrogen-bond acceptors (Lipinski definition) is 5. The third-order valence-corrected chi connectivity index (χ3v) is 3.37. The summed E-state index contributed by atoms with van der Waals surface area (Å²) in [5.74, 6) is -1.43. The fourth-order valence-electron chi connectivity index (χ4n) is 2.28. The van der Waals surface area contributed by atoms with Crippen LogP contribution in [0.2, 0.25) is 0 Å². The second kappa shape index (κ2) is 9.37. The van der Waals surface area contributed by atoms with Crippen molar-refractivity contribution in [3.8, 4) is 0 Å². The number of nitrogens with zero attached hydrogens (tertiary/aromatic N) is 1. The molecule has 0 saturated carbocycles. The summed E-state index contributed by atoms with van der Waals surface area (Å²) >= 11 is 0. The molecule has 5 heteroatoms. The van der Waals surface area contributed by atoms with Gasteiger partial charge >= 0.3 is 11.9 Å². The highest BCUT2D eigenvalue weighted by Crippen LogP contribution is 2.13. The SMILES string of the molecule is CCOC(=O)C(N=C(c1ccccc1)c1ccccc1)C(=O)OCC. The van der Waals surface area contributed by atoms with E-state index in [2.05, 4.69) is 4.99 Å². The molecule has 0 radical (unpaired) electrons. The Hall–Kier alpha value is -2.95. The van der Waals surface area contributed by atoms with E-state index in [1.807, 2.05) is 60.7 Å². The Balaban J connectivity index is 2.52. The summed E-state index contributed by atoms with van der Waals surface area (Å²) in [6.07, 6.45) is 0. The lowest BCUT2D eigenvalue weighted by molar-refractivity contribution is -0.156. The van der Waals surface area contributed by atoms with Crippen molar-refractivity contribution in [1.82, 2.24) is 0 Å². The minimum Gasteiger partial charge on any atom is -0.464 e. The Kier molecular flexibility index (Phi) is 6.89. The monoisotopic (exact) mass is 339 g/mol. The summed E-state index contributed by atoms with van der Waals surface area (Å²) in [5, 5.41) is 0. The maximum atomic E-state index is 12.2. The van der Waals surface area contributed by atoms with Crippen LogP contribution in [0.4, 0.5) is 0 Å². The largest absolute Gasteiger partial charge is 0.464 e. The zero-order valence-electron chi connectivity index (χ0n) is 14.3. The lowest BCUT2D eigenvalue weighted by Gasteiger charge is -2.14. The Morgan fingerprint density at radius 2 is 1.20 bits per heavy atom. The maximum Gasteiger partial charge on any atom is 0.342 e. The van der Waals surface area contributed by atoms with Crippen LogP contribution in [-0.2, 0) is 19.1 Å². The molecular weight excluding hydrogens is 318 g/mol. The third kappa shape index (κ3) is 5.01. The van der Waals surface area contributed by atoms with Crippen molar-refractivity contribution in [1.29, 1.82) is 0 Å². The second-order valence-electron chi connectivity index (χ2n) is 5.12. The van der Waals surface area contributed by atoms with Gasteiger partial charge in [0.05, 0.1) is 18.9 Å². The van der Waals surface area contributed by atoms with E-state index in [4.69, 9.17) is 9.47 Å². The van der Waals surface area contributed by atoms with Gasteiger partial charge in [0.15, 0.2) is 0 Å². The minimum absolute atomic E-state index is 0.163. The van der Waals surface area contributed by atoms with Gasteiger partial charge in [-0.1, -0.05) is 60.7 Å². The van der Waals surface area contributed by atoms with Crippen molar-refractivity contribution >= 4 is 17.7 Å². The lowest BCUT2D eigenvalue weighted by Crippen LogP contribution is -2.33. The molecule has 0 fully saturated rings. The summed E-state index contributed by atoms with van der Waals surface area (Å²) < 4.78 is 9.99. The summed E-state index contributed by atoms with van der Waals surface area (Å²) in [4.78, 5) is 28.9. The second-order valence-corrected chi connectivity index (χ2v) is 5.12. The first-order chi connectivity index (χ1) is 12.2. The summed E-state index contributed by atoms with van der Waals surface area (Å²) in [7, 11) is 0. The number of carbonyl (C=O) groups is 2. The fourth-order valence-corrected chi connectivity index (χ4v) is 2.28. The van der Waals surface area contributed by atoms with Gasteiger partial charge in [-0.15, -0.1) is 0 Å². The lowest BCUT2D eigenvalue weighted by atomic mass is 10.0. The van der Waals surface area contributed by atoms with Crippen LogP contribution < -0.4 is 0 Å². The zero-order chi connectivity index (χ0) is 18.1. The normalized spacial score (nSPS) is 10.2. The summed E-state index contributed by atoms with van der Waals surface area (Å²) in [6.45, 7) is 3.69. The van der Waals surface area contributed by atoms with Crippen LogP contribution in [0.5, 0.6) is 0 Å². The Bertz CT molecular complexity index is 666. The molecule has 0 aromatic heterocycles. The number of esters is 2. The topological polar surface area (TPSA) is 65.0 Å². The highest BCUT2D eigenvalue weighted by Gasteiger charge is 2.30. The van der Waals surface area contributed by atoms with Crippen molar-refractivity contribution < 1.29 is 19.1 Å². The third-order valence-electron chi connectivity index (χ3n) is 3.37. The van der Waals surface area contributed by atoms with Crippen molar-refractivity contribution in [2.75, 3.05) is 13.2 Å². The molecule has 0 aliphatic heterocycles. The van der Waals surface area contributed by atoms with Crippen molar-refractivity contribution in [3.05, 3.63) is 71.8 Å². The predicted octanol–water partition coefficient (Wildman–Crippen LogP) is 3.02. The highest BCUT2D eigenvalue weighted by molar-refractivity contribution is 6.15. The molecule has 0 amide bonds. The van der Waals surface area contributed by atoms with Crippen LogP contribution in [0.15, 0.2) is 65.7 Å². The van der Waals surface area contributed by atoms with E-state index in [0.717, 1.165) is 11.1 Å². The van der Waals surface area contributed by atoms with Gasteiger partial charge in [-0.3, -0.25) is 4.99 Å². The van der Waals surface area contributed by atoms with Gasteiger partial charge in [0, 0.05) is 11.1 Å². The molecule has 2 aromatic carbocycles. The van der Waals surface area contributed by atoms with E-state index < -0.39 is 18.0 Å². The average molecular weight is 339 g/mol. The Morgan fingerprint density at radius 1 is 0.800 bits per heavy atom. The van der Waals surface area contributed by atoms with Gasteiger partial charge in [0.2, 0.25) is 6.04 Å². The van der Waals surface area contributed by atoms with E-state index in [9.17, 15) is 9.59 Å². The molecule has 0 spiro atoms. The number of benzene rings is 2. The van der Waals surface area contributed by atoms with E-state index in [1.165, 1.54) is 0 Å². The molecule has 5 nitrogen and oxygen atoms in total. The molecule has 0 bridgehead atoms. The average Bonchev–Trinajstić information content (AvgIpc) is 2.64. The van der Waals surface area contributed by atoms with Crippen molar-refractivity contribution in [3.63, 3.8) is 0 Å². The molecule has 0 saturated heterocycles. The molecule has 0 unspecified atom stereocenters. The molecule has 130 valence electrons. The van der Waals surface area contributed by atoms with E-state index in [-0.39, 0.29) is 13.2 Å². The molecular formula is C20H21NO4. The van der Waals surface area contributed by atoms with Gasteiger partial charge in [-0.25, -0.2) is 9.59 Å². The molecule has 2 rings (SSSR count). The molecule has 25 heavy (non-hydrogen) atoms. The van der Waals surface area contributed by atoms with Gasteiger partial charge in [0.1, 0.15) is 0 Å². The van der Waals surface area contributed by atoms with Crippen LogP contribution in [0.3, 0.4) is 0 Å². The molecule has 0 N–H and O–H groups in total. The number of aliphatic imine (C=N–C) groups is 1. The quantitative estimate of drug-likeness (QED) is 0.442. The van der Waals surface area contributed by atoms with Crippen LogP contribution >= 0.6 is 0 Å². The highest BCUT2D eigenvalue weighted by atomic mass is 16.6. The summed E-state index contributed by atoms with van der Waals surface area (Å²) in [6, 6.07) is 17.4. The van der Waals surface area contributed by atoms with Gasteiger partial charge in [-0.2, -0.15) is 0 Å². The number of ether oxygens (including phenoxy) is 2. The van der Waals surface area contributed by atoms with E-state index >= 15 is 0 Å². The summed E-state index contributed by atoms with van der Waals surface area (Å²) in [5.41, 5.74) is 2.13. The van der Waals surface area contributed by atoms with Gasteiger partial charge in [-0.05, 0) is 13.8 Å². The van der Waals surface area contributed by atoms with E-state index in [0.29, 0.717) is 5.71 Å². The van der Waals surface area contributed by atoms with Crippen LogP contribution in [0.25, 0.3) is 0 Å². The van der Waals surface area contributed by atoms with E-state index in [1.54, 1.807) is 13.8 Å². The van der Waals surface area contributed by atoms with Gasteiger partial charge in [0.25, 0.3) is 0 Å². The molecule has 0 heterocycles. The van der Waals surface area contributed by atoms with Crippen molar-refractivity contribution in [2.24, 2.45) is 4.99 Å². The minimum atomic E-state index is -1.35. The van der Waals surface area contributed by atoms with Crippen LogP contribution in [0, 0.1) is 0 Å². The first kappa shape index (κ1) is 18.4. The number of hydrogen-bond donors (Lipinski definition) is 0. The predicted molar refractivity (Wildman–Crippen MR) is 95.6 cm³/mol. The Morgan fingerprint density at radius 3 is 1.56 bits per heavy atom. The smallest absolute Gasteiger partial charge is 0.342 e. The first-order valence-corrected chi connectivity index (χ1v) is 8.19. The maximum absolute atomic E-state index is 12.2.